The normalized spacial score (nSPS) is 16.5. The first-order chi connectivity index (χ1) is 13.2. The van der Waals surface area contributed by atoms with Gasteiger partial charge >= 0.3 is 6.18 Å². The van der Waals surface area contributed by atoms with Crippen molar-refractivity contribution < 1.29 is 23.1 Å². The van der Waals surface area contributed by atoms with Gasteiger partial charge in [0.05, 0.1) is 19.1 Å². The van der Waals surface area contributed by atoms with Crippen LogP contribution in [0.4, 0.5) is 13.2 Å². The lowest BCUT2D eigenvalue weighted by atomic mass is 10.1. The van der Waals surface area contributed by atoms with Gasteiger partial charge in [-0.1, -0.05) is 19.1 Å². The highest BCUT2D eigenvalue weighted by atomic mass is 19.4. The molecule has 0 saturated heterocycles. The molecule has 1 amide bonds. The molecule has 1 aliphatic rings. The number of aromatic nitrogens is 2. The second-order valence-electron chi connectivity index (χ2n) is 7.61. The van der Waals surface area contributed by atoms with Crippen LogP contribution in [-0.4, -0.2) is 39.0 Å². The van der Waals surface area contributed by atoms with Gasteiger partial charge in [0.25, 0.3) is 0 Å². The Kier molecular flexibility index (Phi) is 5.69. The van der Waals surface area contributed by atoms with Crippen molar-refractivity contribution in [3.05, 3.63) is 59.7 Å². The minimum atomic E-state index is -4.51. The molecule has 0 aromatic carbocycles. The van der Waals surface area contributed by atoms with E-state index in [-0.39, 0.29) is 24.3 Å². The van der Waals surface area contributed by atoms with E-state index < -0.39 is 18.0 Å². The number of aliphatic hydroxyl groups excluding tert-OH is 1. The van der Waals surface area contributed by atoms with Crippen molar-refractivity contribution in [3.63, 3.8) is 0 Å². The molecule has 0 unspecified atom stereocenters. The highest BCUT2D eigenvalue weighted by molar-refractivity contribution is 5.78. The highest BCUT2D eigenvalue weighted by Gasteiger charge is 2.40. The van der Waals surface area contributed by atoms with E-state index in [2.05, 4.69) is 16.9 Å². The Balaban J connectivity index is 1.69. The van der Waals surface area contributed by atoms with Gasteiger partial charge in [-0.3, -0.25) is 14.8 Å². The van der Waals surface area contributed by atoms with E-state index in [0.717, 1.165) is 25.1 Å². The van der Waals surface area contributed by atoms with E-state index in [1.165, 1.54) is 6.07 Å². The molecule has 28 heavy (non-hydrogen) atoms. The molecule has 150 valence electrons. The lowest BCUT2D eigenvalue weighted by Gasteiger charge is -2.28. The minimum absolute atomic E-state index is 0.0305. The molecule has 1 aliphatic carbocycles. The zero-order valence-corrected chi connectivity index (χ0v) is 15.5. The summed E-state index contributed by atoms with van der Waals surface area (Å²) in [6.45, 7) is 2.68. The molecule has 1 N–H and O–H groups in total. The number of alkyl halides is 3. The van der Waals surface area contributed by atoms with Gasteiger partial charge in [0.2, 0.25) is 5.91 Å². The smallest absolute Gasteiger partial charge is 0.386 e. The summed E-state index contributed by atoms with van der Waals surface area (Å²) in [7, 11) is 0. The van der Waals surface area contributed by atoms with Gasteiger partial charge in [0.1, 0.15) is 5.69 Å². The van der Waals surface area contributed by atoms with E-state index >= 15 is 0 Å². The molecule has 0 bridgehead atoms. The van der Waals surface area contributed by atoms with Gasteiger partial charge in [-0.05, 0) is 36.0 Å². The van der Waals surface area contributed by atoms with Gasteiger partial charge in [-0.2, -0.15) is 13.2 Å². The molecule has 2 aromatic rings. The van der Waals surface area contributed by atoms with Crippen LogP contribution < -0.4 is 0 Å². The lowest BCUT2D eigenvalue weighted by molar-refractivity contribution is -0.141. The number of hydrogen-bond donors (Lipinski definition) is 1. The van der Waals surface area contributed by atoms with Crippen LogP contribution >= 0.6 is 0 Å². The van der Waals surface area contributed by atoms with Crippen molar-refractivity contribution in [3.8, 4) is 0 Å². The second-order valence-corrected chi connectivity index (χ2v) is 7.61. The third kappa shape index (κ3) is 5.28. The Morgan fingerprint density at radius 1 is 1.29 bits per heavy atom. The summed E-state index contributed by atoms with van der Waals surface area (Å²) in [5.74, 6) is -0.252. The Morgan fingerprint density at radius 2 is 2.04 bits per heavy atom. The Hall–Kier alpha value is -2.48. The Morgan fingerprint density at radius 3 is 2.57 bits per heavy atom. The van der Waals surface area contributed by atoms with Crippen LogP contribution in [0.5, 0.6) is 0 Å². The quantitative estimate of drug-likeness (QED) is 0.783. The van der Waals surface area contributed by atoms with E-state index in [9.17, 15) is 23.1 Å². The van der Waals surface area contributed by atoms with Crippen LogP contribution in [-0.2, 0) is 17.4 Å². The third-order valence-corrected chi connectivity index (χ3v) is 4.96. The van der Waals surface area contributed by atoms with Crippen LogP contribution in [0.1, 0.15) is 42.7 Å². The lowest BCUT2D eigenvalue weighted by Crippen LogP contribution is -2.39. The SMILES string of the molecule is CC1(CN(C[C@@H](O)c2cccnc2)C(=O)Cc2ccc(C(F)(F)F)nc2)CC1. The summed E-state index contributed by atoms with van der Waals surface area (Å²) in [5.41, 5.74) is 0.0539. The summed E-state index contributed by atoms with van der Waals surface area (Å²) in [4.78, 5) is 21.8. The molecule has 1 saturated carbocycles. The van der Waals surface area contributed by atoms with Crippen LogP contribution in [0.25, 0.3) is 0 Å². The average molecular weight is 393 g/mol. The van der Waals surface area contributed by atoms with E-state index in [1.807, 2.05) is 0 Å². The van der Waals surface area contributed by atoms with Crippen molar-refractivity contribution in [1.82, 2.24) is 14.9 Å². The molecule has 0 spiro atoms. The first-order valence-electron chi connectivity index (χ1n) is 9.04. The molecule has 3 rings (SSSR count). The number of nitrogens with zero attached hydrogens (tertiary/aromatic N) is 3. The maximum absolute atomic E-state index is 12.8. The van der Waals surface area contributed by atoms with Crippen molar-refractivity contribution in [1.29, 1.82) is 0 Å². The van der Waals surface area contributed by atoms with Crippen molar-refractivity contribution >= 4 is 5.91 Å². The van der Waals surface area contributed by atoms with Crippen LogP contribution in [0.15, 0.2) is 42.9 Å². The molecule has 0 radical (unpaired) electrons. The zero-order valence-electron chi connectivity index (χ0n) is 15.5. The molecule has 1 fully saturated rings. The minimum Gasteiger partial charge on any atom is -0.386 e. The Bertz CT molecular complexity index is 806. The number of carbonyl (C=O) groups is 1. The fraction of sp³-hybridized carbons (Fsp3) is 0.450. The topological polar surface area (TPSA) is 66.3 Å². The summed E-state index contributed by atoms with van der Waals surface area (Å²) in [6.07, 6.45) is 0.766. The fourth-order valence-electron chi connectivity index (χ4n) is 2.96. The number of hydrogen-bond acceptors (Lipinski definition) is 4. The van der Waals surface area contributed by atoms with Crippen LogP contribution in [0.3, 0.4) is 0 Å². The van der Waals surface area contributed by atoms with Gasteiger partial charge in [-0.25, -0.2) is 0 Å². The number of pyridine rings is 2. The maximum Gasteiger partial charge on any atom is 0.433 e. The average Bonchev–Trinajstić information content (AvgIpc) is 3.38. The number of aliphatic hydroxyl groups is 1. The number of halogens is 3. The molecular weight excluding hydrogens is 371 g/mol. The van der Waals surface area contributed by atoms with Crippen molar-refractivity contribution in [2.45, 2.75) is 38.5 Å². The molecule has 5 nitrogen and oxygen atoms in total. The van der Waals surface area contributed by atoms with Crippen molar-refractivity contribution in [2.24, 2.45) is 5.41 Å². The van der Waals surface area contributed by atoms with Crippen LogP contribution in [0.2, 0.25) is 0 Å². The maximum atomic E-state index is 12.8. The standard InChI is InChI=1S/C20H22F3N3O2/c1-19(6-7-19)13-26(12-16(27)15-3-2-8-24-11-15)18(28)9-14-4-5-17(25-10-14)20(21,22)23/h2-5,8,10-11,16,27H,6-7,9,12-13H2,1H3/t16-/m1/s1. The van der Waals surface area contributed by atoms with Crippen LogP contribution in [0, 0.1) is 5.41 Å². The van der Waals surface area contributed by atoms with E-state index in [0.29, 0.717) is 17.7 Å². The van der Waals surface area contributed by atoms with E-state index in [4.69, 9.17) is 0 Å². The Labute approximate surface area is 161 Å². The molecule has 2 heterocycles. The van der Waals surface area contributed by atoms with Gasteiger partial charge in [-0.15, -0.1) is 0 Å². The van der Waals surface area contributed by atoms with Gasteiger partial charge in [0.15, 0.2) is 0 Å². The number of rotatable bonds is 7. The fourth-order valence-corrected chi connectivity index (χ4v) is 2.96. The summed E-state index contributed by atoms with van der Waals surface area (Å²) in [5, 5.41) is 10.5. The third-order valence-electron chi connectivity index (χ3n) is 4.96. The number of carbonyl (C=O) groups excluding carboxylic acids is 1. The second kappa shape index (κ2) is 7.87. The molecule has 0 aliphatic heterocycles. The summed E-state index contributed by atoms with van der Waals surface area (Å²) in [6, 6.07) is 5.58. The monoisotopic (exact) mass is 393 g/mol. The first-order valence-corrected chi connectivity index (χ1v) is 9.04. The highest BCUT2D eigenvalue weighted by Crippen LogP contribution is 2.45. The molecular formula is C20H22F3N3O2. The van der Waals surface area contributed by atoms with E-state index in [1.54, 1.807) is 29.4 Å². The van der Waals surface area contributed by atoms with Gasteiger partial charge < -0.3 is 10.0 Å². The molecule has 2 aromatic heterocycles. The predicted molar refractivity (Wildman–Crippen MR) is 96.1 cm³/mol. The largest absolute Gasteiger partial charge is 0.433 e. The van der Waals surface area contributed by atoms with Gasteiger partial charge in [0, 0.05) is 30.7 Å². The number of amides is 1. The molecule has 1 atom stereocenters. The zero-order chi connectivity index (χ0) is 20.4. The predicted octanol–water partition coefficient (Wildman–Crippen LogP) is 3.40. The summed E-state index contributed by atoms with van der Waals surface area (Å²) < 4.78 is 37.9. The van der Waals surface area contributed by atoms with Crippen molar-refractivity contribution in [2.75, 3.05) is 13.1 Å². The molecule has 8 heteroatoms. The summed E-state index contributed by atoms with van der Waals surface area (Å²) >= 11 is 0. The first kappa shape index (κ1) is 20.3.